The minimum Gasteiger partial charge on any atom is -0.399 e. The summed E-state index contributed by atoms with van der Waals surface area (Å²) in [4.78, 5) is 0. The maximum atomic E-state index is 15.3. The maximum absolute atomic E-state index is 15.3. The predicted molar refractivity (Wildman–Crippen MR) is 84.4 cm³/mol. The third kappa shape index (κ3) is 4.06. The molecule has 14 heteroatoms. The van der Waals surface area contributed by atoms with E-state index in [-0.39, 0.29) is 30.3 Å². The fourth-order valence-corrected chi connectivity index (χ4v) is 2.85. The second-order valence-electron chi connectivity index (χ2n) is 6.34. The standard InChI is InChI=1S/C17H10F12N2/c18-13(17(27,28)29,9-3-1-7(30)5-11(9)15(21,22)23)14(19,20)10-4-2-8(31)6-12(10)16(24,25)26/h1-6H,30-31H2. The molecule has 31 heavy (non-hydrogen) atoms. The molecular formula is C17H10F12N2. The van der Waals surface area contributed by atoms with E-state index in [2.05, 4.69) is 0 Å². The van der Waals surface area contributed by atoms with Gasteiger partial charge in [0, 0.05) is 22.5 Å². The van der Waals surface area contributed by atoms with Crippen molar-refractivity contribution in [1.82, 2.24) is 0 Å². The average Bonchev–Trinajstić information content (AvgIpc) is 2.58. The Morgan fingerprint density at radius 2 is 0.839 bits per heavy atom. The van der Waals surface area contributed by atoms with Gasteiger partial charge in [-0.3, -0.25) is 0 Å². The Kier molecular flexibility index (Phi) is 5.62. The molecule has 1 unspecified atom stereocenters. The monoisotopic (exact) mass is 470 g/mol. The highest BCUT2D eigenvalue weighted by atomic mass is 19.4. The summed E-state index contributed by atoms with van der Waals surface area (Å²) in [6.07, 6.45) is -18.3. The summed E-state index contributed by atoms with van der Waals surface area (Å²) in [6, 6.07) is -0.364. The Hall–Kier alpha value is -2.80. The molecule has 172 valence electrons. The van der Waals surface area contributed by atoms with E-state index >= 15 is 4.39 Å². The number of halogens is 12. The van der Waals surface area contributed by atoms with Crippen LogP contribution in [0.1, 0.15) is 22.3 Å². The van der Waals surface area contributed by atoms with Crippen molar-refractivity contribution >= 4 is 11.4 Å². The predicted octanol–water partition coefficient (Wildman–Crippen LogP) is 6.41. The van der Waals surface area contributed by atoms with Gasteiger partial charge in [-0.05, 0) is 24.3 Å². The summed E-state index contributed by atoms with van der Waals surface area (Å²) in [7, 11) is 0. The molecule has 1 atom stereocenters. The van der Waals surface area contributed by atoms with Crippen LogP contribution < -0.4 is 11.5 Å². The molecule has 2 rings (SSSR count). The average molecular weight is 470 g/mol. The Morgan fingerprint density at radius 3 is 1.19 bits per heavy atom. The van der Waals surface area contributed by atoms with Crippen LogP contribution in [-0.4, -0.2) is 6.18 Å². The van der Waals surface area contributed by atoms with Crippen molar-refractivity contribution in [1.29, 1.82) is 0 Å². The number of alkyl halides is 12. The van der Waals surface area contributed by atoms with Gasteiger partial charge in [-0.1, -0.05) is 12.1 Å². The Labute approximate surface area is 165 Å². The lowest BCUT2D eigenvalue weighted by Crippen LogP contribution is -2.52. The molecule has 0 aliphatic carbocycles. The quantitative estimate of drug-likeness (QED) is 0.403. The first-order valence-corrected chi connectivity index (χ1v) is 7.82. The van der Waals surface area contributed by atoms with Gasteiger partial charge in [-0.25, -0.2) is 4.39 Å². The molecule has 0 fully saturated rings. The van der Waals surface area contributed by atoms with E-state index in [0.717, 1.165) is 0 Å². The molecule has 0 bridgehead atoms. The van der Waals surface area contributed by atoms with Gasteiger partial charge in [-0.15, -0.1) is 0 Å². The first kappa shape index (κ1) is 24.5. The molecule has 0 aromatic heterocycles. The van der Waals surface area contributed by atoms with E-state index in [0.29, 0.717) is 6.07 Å². The second-order valence-corrected chi connectivity index (χ2v) is 6.34. The van der Waals surface area contributed by atoms with Gasteiger partial charge in [0.15, 0.2) is 0 Å². The van der Waals surface area contributed by atoms with Gasteiger partial charge in [0.25, 0.3) is 5.67 Å². The zero-order valence-corrected chi connectivity index (χ0v) is 14.7. The van der Waals surface area contributed by atoms with Crippen molar-refractivity contribution in [2.24, 2.45) is 0 Å². The SMILES string of the molecule is Nc1ccc(C(F)(F)C(F)(c2ccc(N)cc2C(F)(F)F)C(F)(F)F)c(C(F)(F)F)c1. The number of hydrogen-bond donors (Lipinski definition) is 2. The summed E-state index contributed by atoms with van der Waals surface area (Å²) in [5, 5.41) is 0. The van der Waals surface area contributed by atoms with Crippen LogP contribution in [0.3, 0.4) is 0 Å². The van der Waals surface area contributed by atoms with Crippen LogP contribution >= 0.6 is 0 Å². The Balaban J connectivity index is 2.99. The lowest BCUT2D eigenvalue weighted by atomic mass is 9.80. The molecule has 2 nitrogen and oxygen atoms in total. The molecule has 0 spiro atoms. The smallest absolute Gasteiger partial charge is 0.399 e. The molecule has 0 amide bonds. The van der Waals surface area contributed by atoms with Crippen molar-refractivity contribution in [3.63, 3.8) is 0 Å². The van der Waals surface area contributed by atoms with Crippen LogP contribution in [0.5, 0.6) is 0 Å². The second kappa shape index (κ2) is 7.12. The van der Waals surface area contributed by atoms with Gasteiger partial charge in [-0.2, -0.15) is 48.3 Å². The van der Waals surface area contributed by atoms with E-state index in [9.17, 15) is 48.3 Å². The first-order chi connectivity index (χ1) is 13.7. The fraction of sp³-hybridized carbons (Fsp3) is 0.294. The summed E-state index contributed by atoms with van der Waals surface area (Å²) in [6.45, 7) is 0. The molecule has 0 radical (unpaired) electrons. The molecular weight excluding hydrogens is 460 g/mol. The number of benzene rings is 2. The van der Waals surface area contributed by atoms with E-state index < -0.39 is 63.7 Å². The molecule has 0 heterocycles. The number of rotatable bonds is 3. The molecule has 0 aliphatic rings. The van der Waals surface area contributed by atoms with Crippen LogP contribution in [0.15, 0.2) is 36.4 Å². The Morgan fingerprint density at radius 1 is 0.484 bits per heavy atom. The van der Waals surface area contributed by atoms with Crippen LogP contribution in [-0.2, 0) is 23.9 Å². The van der Waals surface area contributed by atoms with Gasteiger partial charge in [0.2, 0.25) is 0 Å². The van der Waals surface area contributed by atoms with Crippen LogP contribution in [0, 0.1) is 0 Å². The summed E-state index contributed by atoms with van der Waals surface area (Å²) in [5.74, 6) is -6.18. The number of nitrogens with two attached hydrogens (primary N) is 2. The van der Waals surface area contributed by atoms with E-state index in [1.165, 1.54) is 0 Å². The van der Waals surface area contributed by atoms with Gasteiger partial charge in [0.05, 0.1) is 11.1 Å². The minimum absolute atomic E-state index is 0.187. The summed E-state index contributed by atoms with van der Waals surface area (Å²) < 4.78 is 165. The highest BCUT2D eigenvalue weighted by Gasteiger charge is 2.74. The lowest BCUT2D eigenvalue weighted by Gasteiger charge is -2.37. The molecule has 2 aromatic rings. The van der Waals surface area contributed by atoms with Gasteiger partial charge < -0.3 is 11.5 Å². The molecule has 2 aromatic carbocycles. The van der Waals surface area contributed by atoms with E-state index in [1.807, 2.05) is 0 Å². The third-order valence-corrected chi connectivity index (χ3v) is 4.23. The highest BCUT2D eigenvalue weighted by Crippen LogP contribution is 2.60. The minimum atomic E-state index is -6.79. The van der Waals surface area contributed by atoms with Gasteiger partial charge in [0.1, 0.15) is 0 Å². The Bertz CT molecular complexity index is 975. The van der Waals surface area contributed by atoms with Crippen LogP contribution in [0.25, 0.3) is 0 Å². The van der Waals surface area contributed by atoms with Crippen molar-refractivity contribution in [3.05, 3.63) is 58.7 Å². The van der Waals surface area contributed by atoms with E-state index in [1.54, 1.807) is 0 Å². The van der Waals surface area contributed by atoms with Crippen LogP contribution in [0.4, 0.5) is 64.1 Å². The van der Waals surface area contributed by atoms with Crippen molar-refractivity contribution in [2.75, 3.05) is 11.5 Å². The lowest BCUT2D eigenvalue weighted by molar-refractivity contribution is -0.316. The number of anilines is 2. The zero-order chi connectivity index (χ0) is 24.2. The van der Waals surface area contributed by atoms with Gasteiger partial charge >= 0.3 is 24.5 Å². The normalized spacial score (nSPS) is 15.6. The largest absolute Gasteiger partial charge is 0.433 e. The number of hydrogen-bond acceptors (Lipinski definition) is 2. The highest BCUT2D eigenvalue weighted by molar-refractivity contribution is 5.52. The number of nitrogen functional groups attached to an aromatic ring is 2. The maximum Gasteiger partial charge on any atom is 0.433 e. The molecule has 0 saturated heterocycles. The van der Waals surface area contributed by atoms with E-state index in [4.69, 9.17) is 11.5 Å². The molecule has 0 saturated carbocycles. The summed E-state index contributed by atoms with van der Waals surface area (Å²) in [5.41, 5.74) is -8.00. The third-order valence-electron chi connectivity index (χ3n) is 4.23. The fourth-order valence-electron chi connectivity index (χ4n) is 2.85. The van der Waals surface area contributed by atoms with Crippen molar-refractivity contribution in [2.45, 2.75) is 30.1 Å². The first-order valence-electron chi connectivity index (χ1n) is 7.82. The summed E-state index contributed by atoms with van der Waals surface area (Å²) >= 11 is 0. The van der Waals surface area contributed by atoms with Crippen LogP contribution in [0.2, 0.25) is 0 Å². The zero-order valence-electron chi connectivity index (χ0n) is 14.7. The topological polar surface area (TPSA) is 52.0 Å². The molecule has 0 aliphatic heterocycles. The molecule has 4 N–H and O–H groups in total. The van der Waals surface area contributed by atoms with Crippen molar-refractivity contribution < 1.29 is 52.7 Å². The van der Waals surface area contributed by atoms with Crippen molar-refractivity contribution in [3.8, 4) is 0 Å².